The fourth-order valence-corrected chi connectivity index (χ4v) is 4.64. The molecule has 1 aromatic heterocycles. The van der Waals surface area contributed by atoms with Gasteiger partial charge in [0, 0.05) is 11.8 Å². The molecule has 3 aliphatic carbocycles. The number of halogens is 1. The van der Waals surface area contributed by atoms with E-state index in [9.17, 15) is 4.79 Å². The van der Waals surface area contributed by atoms with E-state index in [0.717, 1.165) is 23.0 Å². The Kier molecular flexibility index (Phi) is 2.96. The molecule has 5 rings (SSSR count). The van der Waals surface area contributed by atoms with Crippen LogP contribution < -0.4 is 0 Å². The van der Waals surface area contributed by atoms with Crippen molar-refractivity contribution in [3.63, 3.8) is 0 Å². The monoisotopic (exact) mass is 345 g/mol. The smallest absolute Gasteiger partial charge is 0.355 e. The Hall–Kier alpha value is -1.55. The minimum Gasteiger partial charge on any atom is -0.461 e. The number of fused-ring (bicyclic) bond motifs is 1. The Bertz CT molecular complexity index is 734. The number of ether oxygens (including phenoxy) is 1. The first-order valence-electron chi connectivity index (χ1n) is 7.39. The van der Waals surface area contributed by atoms with Crippen LogP contribution in [-0.4, -0.2) is 17.6 Å². The van der Waals surface area contributed by atoms with Gasteiger partial charge in [-0.25, -0.2) is 4.79 Å². The number of carbonyl (C=O) groups is 1. The lowest BCUT2D eigenvalue weighted by molar-refractivity contribution is 0.0518. The van der Waals surface area contributed by atoms with Gasteiger partial charge in [0.1, 0.15) is 5.69 Å². The fourth-order valence-electron chi connectivity index (χ4n) is 3.95. The third-order valence-electron chi connectivity index (χ3n) is 4.70. The first-order chi connectivity index (χ1) is 10.2. The number of nitrogens with one attached hydrogen (secondary N) is 1. The van der Waals surface area contributed by atoms with Crippen LogP contribution in [0.3, 0.4) is 0 Å². The SMILES string of the molecule is CCOC(=O)c1[nH]c(Br)c2c1C1CCC2c2ccccc21. The molecule has 1 heterocycles. The summed E-state index contributed by atoms with van der Waals surface area (Å²) in [6.45, 7) is 2.23. The highest BCUT2D eigenvalue weighted by Gasteiger charge is 2.42. The van der Waals surface area contributed by atoms with E-state index in [1.54, 1.807) is 0 Å². The van der Waals surface area contributed by atoms with Crippen molar-refractivity contribution in [1.82, 2.24) is 4.98 Å². The molecule has 0 saturated carbocycles. The summed E-state index contributed by atoms with van der Waals surface area (Å²) < 4.78 is 6.15. The van der Waals surface area contributed by atoms with Gasteiger partial charge in [-0.2, -0.15) is 0 Å². The summed E-state index contributed by atoms with van der Waals surface area (Å²) >= 11 is 3.61. The van der Waals surface area contributed by atoms with E-state index in [4.69, 9.17) is 4.74 Å². The Morgan fingerprint density at radius 3 is 2.48 bits per heavy atom. The van der Waals surface area contributed by atoms with Crippen LogP contribution in [0.15, 0.2) is 28.9 Å². The molecule has 2 aromatic rings. The van der Waals surface area contributed by atoms with Gasteiger partial charge in [0.25, 0.3) is 0 Å². The zero-order valence-corrected chi connectivity index (χ0v) is 13.4. The van der Waals surface area contributed by atoms with E-state index >= 15 is 0 Å². The summed E-state index contributed by atoms with van der Waals surface area (Å²) in [5, 5.41) is 0. The molecular formula is C17H16BrNO2. The molecule has 4 heteroatoms. The highest BCUT2D eigenvalue weighted by Crippen LogP contribution is 2.55. The van der Waals surface area contributed by atoms with Crippen LogP contribution in [0.4, 0.5) is 0 Å². The minimum absolute atomic E-state index is 0.246. The highest BCUT2D eigenvalue weighted by atomic mass is 79.9. The van der Waals surface area contributed by atoms with Gasteiger partial charge in [-0.1, -0.05) is 24.3 Å². The number of hydrogen-bond acceptors (Lipinski definition) is 2. The average Bonchev–Trinajstić information content (AvgIpc) is 2.88. The van der Waals surface area contributed by atoms with Gasteiger partial charge >= 0.3 is 5.97 Å². The second-order valence-corrected chi connectivity index (χ2v) is 6.47. The number of rotatable bonds is 2. The number of esters is 1. The molecule has 1 aromatic carbocycles. The number of aromatic nitrogens is 1. The summed E-state index contributed by atoms with van der Waals surface area (Å²) in [5.74, 6) is 0.447. The second kappa shape index (κ2) is 4.73. The lowest BCUT2D eigenvalue weighted by atomic mass is 9.64. The molecule has 0 amide bonds. The first-order valence-corrected chi connectivity index (χ1v) is 8.18. The Balaban J connectivity index is 1.92. The van der Waals surface area contributed by atoms with Crippen LogP contribution in [0.25, 0.3) is 0 Å². The molecule has 3 nitrogen and oxygen atoms in total. The molecule has 21 heavy (non-hydrogen) atoms. The standard InChI is InChI=1S/C17H16BrNO2/c1-2-21-17(20)15-13-11-7-8-12(14(13)16(18)19-15)10-6-4-3-5-9(10)11/h3-6,11-12,19H,2,7-8H2,1H3. The Labute approximate surface area is 131 Å². The van der Waals surface area contributed by atoms with Gasteiger partial charge in [-0.05, 0) is 57.9 Å². The van der Waals surface area contributed by atoms with E-state index in [2.05, 4.69) is 45.2 Å². The minimum atomic E-state index is -0.246. The van der Waals surface area contributed by atoms with Gasteiger partial charge in [-0.3, -0.25) is 0 Å². The molecule has 3 aliphatic rings. The van der Waals surface area contributed by atoms with Crippen LogP contribution in [-0.2, 0) is 4.74 Å². The molecule has 2 bridgehead atoms. The summed E-state index contributed by atoms with van der Waals surface area (Å²) in [4.78, 5) is 15.5. The van der Waals surface area contributed by atoms with Gasteiger partial charge in [0.2, 0.25) is 0 Å². The van der Waals surface area contributed by atoms with E-state index in [1.807, 2.05) is 6.92 Å². The zero-order valence-electron chi connectivity index (χ0n) is 11.8. The van der Waals surface area contributed by atoms with Crippen molar-refractivity contribution in [1.29, 1.82) is 0 Å². The van der Waals surface area contributed by atoms with E-state index in [0.29, 0.717) is 24.1 Å². The molecule has 0 saturated heterocycles. The molecule has 0 fully saturated rings. The van der Waals surface area contributed by atoms with Gasteiger partial charge < -0.3 is 9.72 Å². The number of aromatic amines is 1. The number of H-pyrrole nitrogens is 1. The van der Waals surface area contributed by atoms with Crippen molar-refractivity contribution in [2.75, 3.05) is 6.61 Å². The molecule has 1 N–H and O–H groups in total. The van der Waals surface area contributed by atoms with Crippen LogP contribution >= 0.6 is 15.9 Å². The highest BCUT2D eigenvalue weighted by molar-refractivity contribution is 9.10. The molecule has 0 aliphatic heterocycles. The summed E-state index contributed by atoms with van der Waals surface area (Å²) in [7, 11) is 0. The van der Waals surface area contributed by atoms with E-state index in [1.165, 1.54) is 16.7 Å². The van der Waals surface area contributed by atoms with Gasteiger partial charge in [-0.15, -0.1) is 0 Å². The Morgan fingerprint density at radius 1 is 1.24 bits per heavy atom. The van der Waals surface area contributed by atoms with E-state index < -0.39 is 0 Å². The summed E-state index contributed by atoms with van der Waals surface area (Å²) in [6, 6.07) is 8.61. The fraction of sp³-hybridized carbons (Fsp3) is 0.353. The van der Waals surface area contributed by atoms with Crippen molar-refractivity contribution in [2.45, 2.75) is 31.6 Å². The van der Waals surface area contributed by atoms with Crippen LogP contribution in [0, 0.1) is 0 Å². The number of carbonyl (C=O) groups excluding carboxylic acids is 1. The quantitative estimate of drug-likeness (QED) is 0.823. The van der Waals surface area contributed by atoms with Crippen LogP contribution in [0.5, 0.6) is 0 Å². The summed E-state index contributed by atoms with van der Waals surface area (Å²) in [6.07, 6.45) is 2.25. The number of hydrogen-bond donors (Lipinski definition) is 1. The van der Waals surface area contributed by atoms with Crippen LogP contribution in [0.2, 0.25) is 0 Å². The third kappa shape index (κ3) is 1.75. The van der Waals surface area contributed by atoms with E-state index in [-0.39, 0.29) is 5.97 Å². The van der Waals surface area contributed by atoms with Crippen molar-refractivity contribution >= 4 is 21.9 Å². The second-order valence-electron chi connectivity index (χ2n) is 5.67. The maximum absolute atomic E-state index is 12.2. The lowest BCUT2D eigenvalue weighted by Gasteiger charge is -2.39. The normalized spacial score (nSPS) is 21.8. The molecule has 108 valence electrons. The molecule has 2 unspecified atom stereocenters. The molecular weight excluding hydrogens is 330 g/mol. The van der Waals surface area contributed by atoms with Crippen LogP contribution in [0.1, 0.15) is 64.3 Å². The van der Waals surface area contributed by atoms with Crippen molar-refractivity contribution in [3.05, 3.63) is 56.8 Å². The average molecular weight is 346 g/mol. The Morgan fingerprint density at radius 2 is 1.86 bits per heavy atom. The number of benzene rings is 1. The van der Waals surface area contributed by atoms with Crippen molar-refractivity contribution in [3.8, 4) is 0 Å². The topological polar surface area (TPSA) is 42.1 Å². The van der Waals surface area contributed by atoms with Gasteiger partial charge in [0.15, 0.2) is 0 Å². The maximum atomic E-state index is 12.2. The lowest BCUT2D eigenvalue weighted by Crippen LogP contribution is -2.25. The predicted octanol–water partition coefficient (Wildman–Crippen LogP) is 4.32. The summed E-state index contributed by atoms with van der Waals surface area (Å²) in [5.41, 5.74) is 5.82. The maximum Gasteiger partial charge on any atom is 0.355 e. The molecule has 0 spiro atoms. The largest absolute Gasteiger partial charge is 0.461 e. The molecule has 0 radical (unpaired) electrons. The third-order valence-corrected chi connectivity index (χ3v) is 5.32. The first kappa shape index (κ1) is 13.1. The van der Waals surface area contributed by atoms with Gasteiger partial charge in [0.05, 0.1) is 11.2 Å². The molecule has 2 atom stereocenters. The van der Waals surface area contributed by atoms with Crippen molar-refractivity contribution < 1.29 is 9.53 Å². The predicted molar refractivity (Wildman–Crippen MR) is 83.8 cm³/mol. The van der Waals surface area contributed by atoms with Crippen molar-refractivity contribution in [2.24, 2.45) is 0 Å². The zero-order chi connectivity index (χ0) is 14.6.